The lowest BCUT2D eigenvalue weighted by Crippen LogP contribution is -2.46. The molecule has 7 heteroatoms. The van der Waals surface area contributed by atoms with Gasteiger partial charge in [0.05, 0.1) is 13.0 Å². The van der Waals surface area contributed by atoms with E-state index in [1.165, 1.54) is 0 Å². The summed E-state index contributed by atoms with van der Waals surface area (Å²) >= 11 is 0. The Balaban J connectivity index is 3.11. The second-order valence-electron chi connectivity index (χ2n) is 6.22. The first-order valence-electron chi connectivity index (χ1n) is 7.28. The lowest BCUT2D eigenvalue weighted by molar-refractivity contribution is -0.148. The van der Waals surface area contributed by atoms with E-state index < -0.39 is 41.9 Å². The molecular formula is C14H24N2O5. The molecule has 2 amide bonds. The van der Waals surface area contributed by atoms with Crippen LogP contribution in [0.1, 0.15) is 28.5 Å². The van der Waals surface area contributed by atoms with Crippen molar-refractivity contribution in [3.8, 4) is 0 Å². The Kier molecular flexibility index (Phi) is 4.82. The van der Waals surface area contributed by atoms with E-state index in [0.717, 1.165) is 12.0 Å². The summed E-state index contributed by atoms with van der Waals surface area (Å²) in [7, 11) is 4.67. The topological polar surface area (TPSA) is 76.2 Å². The third kappa shape index (κ3) is 4.42. The van der Waals surface area contributed by atoms with Gasteiger partial charge in [-0.05, 0) is 41.3 Å². The van der Waals surface area contributed by atoms with E-state index in [4.69, 9.17) is 6.11 Å². The summed E-state index contributed by atoms with van der Waals surface area (Å²) in [6, 6.07) is -1.28. The number of imide groups is 1. The molecule has 0 aromatic heterocycles. The average molecular weight is 301 g/mol. The van der Waals surface area contributed by atoms with Crippen LogP contribution in [0.5, 0.6) is 0 Å². The minimum absolute atomic E-state index is 0.264. The van der Waals surface area contributed by atoms with Crippen LogP contribution in [-0.4, -0.2) is 67.2 Å². The van der Waals surface area contributed by atoms with E-state index in [1.807, 2.05) is 0 Å². The fourth-order valence-corrected chi connectivity index (χ4v) is 2.06. The number of esters is 1. The maximum Gasteiger partial charge on any atom is 0.417 e. The Morgan fingerprint density at radius 3 is 2.43 bits per heavy atom. The molecule has 7 nitrogen and oxygen atoms in total. The van der Waals surface area contributed by atoms with Crippen molar-refractivity contribution >= 4 is 18.0 Å². The monoisotopic (exact) mass is 301 g/mol. The summed E-state index contributed by atoms with van der Waals surface area (Å²) in [6.45, 7) is 5.25. The molecule has 1 saturated heterocycles. The number of methoxy groups -OCH3 is 1. The van der Waals surface area contributed by atoms with Gasteiger partial charge in [0.25, 0.3) is 0 Å². The van der Waals surface area contributed by atoms with Crippen LogP contribution < -0.4 is 0 Å². The zero-order valence-electron chi connectivity index (χ0n) is 14.4. The summed E-state index contributed by atoms with van der Waals surface area (Å²) in [6.07, 6.45) is -2.01. The number of nitrogens with zero attached hydrogens (tertiary/aromatic N) is 2. The largest absolute Gasteiger partial charge is 0.467 e. The highest BCUT2D eigenvalue weighted by atomic mass is 16.6. The minimum atomic E-state index is -1.28. The van der Waals surface area contributed by atoms with Gasteiger partial charge in [-0.1, -0.05) is 0 Å². The Morgan fingerprint density at radius 1 is 1.43 bits per heavy atom. The van der Waals surface area contributed by atoms with Crippen LogP contribution in [0.2, 0.25) is 0 Å². The molecule has 0 radical (unpaired) electrons. The second-order valence-corrected chi connectivity index (χ2v) is 6.22. The van der Waals surface area contributed by atoms with Crippen molar-refractivity contribution in [1.82, 2.24) is 9.80 Å². The third-order valence-corrected chi connectivity index (χ3v) is 2.84. The highest BCUT2D eigenvalue weighted by Gasteiger charge is 2.48. The Hall–Kier alpha value is -1.63. The molecule has 1 aliphatic heterocycles. The van der Waals surface area contributed by atoms with Crippen molar-refractivity contribution in [2.45, 2.75) is 38.8 Å². The number of hydrogen-bond donors (Lipinski definition) is 0. The highest BCUT2D eigenvalue weighted by molar-refractivity contribution is 6.00. The number of rotatable bonds is 3. The van der Waals surface area contributed by atoms with Gasteiger partial charge in [0.2, 0.25) is 5.91 Å². The van der Waals surface area contributed by atoms with Crippen molar-refractivity contribution in [3.05, 3.63) is 0 Å². The molecule has 21 heavy (non-hydrogen) atoms. The van der Waals surface area contributed by atoms with Crippen LogP contribution in [0.15, 0.2) is 0 Å². The van der Waals surface area contributed by atoms with Gasteiger partial charge >= 0.3 is 12.1 Å². The molecule has 0 aromatic rings. The van der Waals surface area contributed by atoms with Crippen molar-refractivity contribution in [2.24, 2.45) is 5.92 Å². The lowest BCUT2D eigenvalue weighted by Gasteiger charge is -2.26. The van der Waals surface area contributed by atoms with Gasteiger partial charge in [-0.3, -0.25) is 4.79 Å². The lowest BCUT2D eigenvalue weighted by atomic mass is 10.1. The van der Waals surface area contributed by atoms with Gasteiger partial charge in [0, 0.05) is 7.92 Å². The van der Waals surface area contributed by atoms with Crippen molar-refractivity contribution in [1.29, 1.82) is 0 Å². The predicted molar refractivity (Wildman–Crippen MR) is 75.5 cm³/mol. The van der Waals surface area contributed by atoms with Gasteiger partial charge < -0.3 is 14.4 Å². The van der Waals surface area contributed by atoms with Gasteiger partial charge in [0.15, 0.2) is 0 Å². The molecular weight excluding hydrogens is 276 g/mol. The summed E-state index contributed by atoms with van der Waals surface area (Å²) in [4.78, 5) is 39.1. The van der Waals surface area contributed by atoms with Gasteiger partial charge in [-0.2, -0.15) is 0 Å². The van der Waals surface area contributed by atoms with Crippen LogP contribution in [0.25, 0.3) is 0 Å². The first kappa shape index (κ1) is 15.8. The molecule has 0 aliphatic carbocycles. The van der Waals surface area contributed by atoms with Crippen molar-refractivity contribution in [3.63, 3.8) is 0 Å². The molecule has 1 heterocycles. The molecule has 1 fully saturated rings. The van der Waals surface area contributed by atoms with Crippen LogP contribution in [0.3, 0.4) is 0 Å². The van der Waals surface area contributed by atoms with E-state index in [-0.39, 0.29) is 6.54 Å². The number of amides is 2. The minimum Gasteiger partial charge on any atom is -0.467 e. The standard InChI is InChI=1S/C14H24N2O5/c1-14(2,3)21-13(19)16-10(12(18)20-6)7-9(11(16)17)8-15(4)5/h9-10H,7-8H2,1-6H3/t9?,10-/m0/s1/i7D/t7-,9?,10-. The molecule has 1 aliphatic rings. The molecule has 0 spiro atoms. The van der Waals surface area contributed by atoms with Crippen LogP contribution >= 0.6 is 0 Å². The fraction of sp³-hybridized carbons (Fsp3) is 0.786. The Bertz CT molecular complexity index is 461. The molecule has 3 atom stereocenters. The highest BCUT2D eigenvalue weighted by Crippen LogP contribution is 2.28. The second kappa shape index (κ2) is 6.43. The van der Waals surface area contributed by atoms with E-state index in [0.29, 0.717) is 0 Å². The SMILES string of the molecule is [2H][C@H]1C(CN(C)C)C(=O)N(C(=O)OC(C)(C)C)[C@@H]1C(=O)OC. The molecule has 0 saturated carbocycles. The van der Waals surface area contributed by atoms with E-state index in [9.17, 15) is 14.4 Å². The van der Waals surface area contributed by atoms with Crippen LogP contribution in [0.4, 0.5) is 4.79 Å². The fourth-order valence-electron chi connectivity index (χ4n) is 2.06. The predicted octanol–water partition coefficient (Wildman–Crippen LogP) is 0.873. The molecule has 0 aromatic carbocycles. The van der Waals surface area contributed by atoms with Crippen molar-refractivity contribution < 1.29 is 25.2 Å². The normalized spacial score (nSPS) is 26.8. The number of carbonyl (C=O) groups is 3. The van der Waals surface area contributed by atoms with Gasteiger partial charge in [-0.15, -0.1) is 0 Å². The van der Waals surface area contributed by atoms with Gasteiger partial charge in [-0.25, -0.2) is 14.5 Å². The third-order valence-electron chi connectivity index (χ3n) is 2.84. The van der Waals surface area contributed by atoms with Crippen molar-refractivity contribution in [2.75, 3.05) is 27.7 Å². The number of carbonyl (C=O) groups excluding carboxylic acids is 3. The quantitative estimate of drug-likeness (QED) is 0.720. The molecule has 1 rings (SSSR count). The number of hydrogen-bond acceptors (Lipinski definition) is 6. The van der Waals surface area contributed by atoms with E-state index >= 15 is 0 Å². The van der Waals surface area contributed by atoms with Crippen LogP contribution in [0, 0.1) is 5.92 Å². The van der Waals surface area contributed by atoms with E-state index in [2.05, 4.69) is 4.74 Å². The van der Waals surface area contributed by atoms with Crippen LogP contribution in [-0.2, 0) is 19.1 Å². The Morgan fingerprint density at radius 2 is 2.00 bits per heavy atom. The summed E-state index contributed by atoms with van der Waals surface area (Å²) in [5, 5.41) is 0. The number of likely N-dealkylation sites (tertiary alicyclic amines) is 1. The summed E-state index contributed by atoms with van der Waals surface area (Å²) < 4.78 is 18.0. The number of ether oxygens (including phenoxy) is 2. The first-order valence-corrected chi connectivity index (χ1v) is 6.70. The molecule has 120 valence electrons. The summed E-state index contributed by atoms with van der Waals surface area (Å²) in [5.41, 5.74) is -0.810. The maximum absolute atomic E-state index is 12.5. The zero-order chi connectivity index (χ0) is 17.2. The van der Waals surface area contributed by atoms with Gasteiger partial charge in [0.1, 0.15) is 11.6 Å². The van der Waals surface area contributed by atoms with E-state index in [1.54, 1.807) is 39.8 Å². The first-order chi connectivity index (χ1) is 9.99. The smallest absolute Gasteiger partial charge is 0.417 e. The Labute approximate surface area is 126 Å². The molecule has 1 unspecified atom stereocenters. The zero-order valence-corrected chi connectivity index (χ0v) is 13.4. The molecule has 0 N–H and O–H groups in total. The summed E-state index contributed by atoms with van der Waals surface area (Å²) in [5.74, 6) is -2.16. The maximum atomic E-state index is 12.5. The molecule has 0 bridgehead atoms. The average Bonchev–Trinajstić information content (AvgIpc) is 2.60.